The van der Waals surface area contributed by atoms with Crippen LogP contribution in [0.5, 0.6) is 0 Å². The summed E-state index contributed by atoms with van der Waals surface area (Å²) in [5.74, 6) is 0. The second kappa shape index (κ2) is 13.9. The van der Waals surface area contributed by atoms with E-state index in [0.29, 0.717) is 0 Å². The van der Waals surface area contributed by atoms with E-state index in [1.54, 1.807) is 0 Å². The highest BCUT2D eigenvalue weighted by molar-refractivity contribution is 4.70. The van der Waals surface area contributed by atoms with Crippen LogP contribution in [0, 0.1) is 0 Å². The second-order valence-corrected chi connectivity index (χ2v) is 6.54. The molecule has 0 rings (SSSR count). The fourth-order valence-electron chi connectivity index (χ4n) is 2.54. The summed E-state index contributed by atoms with van der Waals surface area (Å²) in [7, 11) is 0. The van der Waals surface area contributed by atoms with E-state index in [1.165, 1.54) is 70.6 Å². The molecule has 0 aliphatic carbocycles. The number of hydrogen-bond donors (Lipinski definition) is 0. The van der Waals surface area contributed by atoms with E-state index >= 15 is 0 Å². The summed E-state index contributed by atoms with van der Waals surface area (Å²) in [6.07, 6.45) is 17.7. The van der Waals surface area contributed by atoms with Gasteiger partial charge < -0.3 is 4.74 Å². The first-order valence-corrected chi connectivity index (χ1v) is 9.32. The quantitative estimate of drug-likeness (QED) is 0.297. The fourth-order valence-corrected chi connectivity index (χ4v) is 2.54. The number of rotatable bonds is 15. The Hall–Kier alpha value is -0.0400. The molecule has 0 saturated heterocycles. The zero-order valence-corrected chi connectivity index (χ0v) is 14.8. The minimum Gasteiger partial charge on any atom is -0.375 e. The van der Waals surface area contributed by atoms with Gasteiger partial charge in [0.2, 0.25) is 0 Å². The molecule has 0 heterocycles. The lowest BCUT2D eigenvalue weighted by molar-refractivity contribution is -0.0385. The van der Waals surface area contributed by atoms with Gasteiger partial charge >= 0.3 is 0 Å². The Kier molecular flexibility index (Phi) is 13.9. The molecule has 0 spiro atoms. The van der Waals surface area contributed by atoms with Gasteiger partial charge in [-0.05, 0) is 26.2 Å². The lowest BCUT2D eigenvalue weighted by atomic mass is 10.00. The molecule has 0 fully saturated rings. The normalized spacial score (nSPS) is 12.0. The van der Waals surface area contributed by atoms with Crippen LogP contribution in [0.3, 0.4) is 0 Å². The van der Waals surface area contributed by atoms with E-state index in [9.17, 15) is 0 Å². The summed E-state index contributed by atoms with van der Waals surface area (Å²) in [6, 6.07) is 0. The fraction of sp³-hybridized carbons (Fsp3) is 1.00. The van der Waals surface area contributed by atoms with Gasteiger partial charge in [0.25, 0.3) is 0 Å². The molecule has 0 saturated carbocycles. The third kappa shape index (κ3) is 11.8. The molecule has 0 aromatic carbocycles. The predicted molar refractivity (Wildman–Crippen MR) is 91.4 cm³/mol. The second-order valence-electron chi connectivity index (χ2n) is 6.54. The van der Waals surface area contributed by atoms with Crippen LogP contribution in [-0.4, -0.2) is 12.2 Å². The summed E-state index contributed by atoms with van der Waals surface area (Å²) in [5.41, 5.74) is 0.124. The highest BCUT2D eigenvalue weighted by atomic mass is 16.5. The first-order valence-electron chi connectivity index (χ1n) is 9.32. The van der Waals surface area contributed by atoms with Crippen molar-refractivity contribution in [2.45, 2.75) is 117 Å². The maximum absolute atomic E-state index is 6.01. The molecule has 0 amide bonds. The molecule has 0 aromatic heterocycles. The Bertz CT molecular complexity index is 184. The smallest absolute Gasteiger partial charge is 0.0649 e. The molecule has 0 bridgehead atoms. The highest BCUT2D eigenvalue weighted by Crippen LogP contribution is 2.20. The highest BCUT2D eigenvalue weighted by Gasteiger charge is 2.19. The van der Waals surface area contributed by atoms with Crippen LogP contribution in [0.4, 0.5) is 0 Å². The number of ether oxygens (including phenoxy) is 1. The third-order valence-corrected chi connectivity index (χ3v) is 4.69. The topological polar surface area (TPSA) is 9.23 Å². The van der Waals surface area contributed by atoms with Gasteiger partial charge in [0.05, 0.1) is 5.60 Å². The van der Waals surface area contributed by atoms with E-state index in [-0.39, 0.29) is 5.60 Å². The Balaban J connectivity index is 3.17. The van der Waals surface area contributed by atoms with Crippen LogP contribution in [-0.2, 0) is 4.74 Å². The molecule has 0 unspecified atom stereocenters. The zero-order valence-electron chi connectivity index (χ0n) is 14.8. The van der Waals surface area contributed by atoms with Crippen LogP contribution in [0.2, 0.25) is 0 Å². The van der Waals surface area contributed by atoms with Gasteiger partial charge in [-0.15, -0.1) is 0 Å². The summed E-state index contributed by atoms with van der Waals surface area (Å²) >= 11 is 0. The zero-order chi connectivity index (χ0) is 15.1. The SMILES string of the molecule is CCCCCCCCCCCCCOC(C)(CC)CC. The average Bonchev–Trinajstić information content (AvgIpc) is 2.48. The largest absolute Gasteiger partial charge is 0.375 e. The number of unbranched alkanes of at least 4 members (excludes halogenated alkanes) is 10. The van der Waals surface area contributed by atoms with Crippen LogP contribution in [0.25, 0.3) is 0 Å². The molecule has 1 nitrogen and oxygen atoms in total. The molecule has 122 valence electrons. The Morgan fingerprint density at radius 2 is 1.00 bits per heavy atom. The van der Waals surface area contributed by atoms with Crippen molar-refractivity contribution >= 4 is 0 Å². The summed E-state index contributed by atoms with van der Waals surface area (Å²) in [6.45, 7) is 9.93. The van der Waals surface area contributed by atoms with Crippen molar-refractivity contribution in [2.75, 3.05) is 6.61 Å². The van der Waals surface area contributed by atoms with Gasteiger partial charge in [0.15, 0.2) is 0 Å². The van der Waals surface area contributed by atoms with E-state index < -0.39 is 0 Å². The van der Waals surface area contributed by atoms with Crippen LogP contribution < -0.4 is 0 Å². The maximum Gasteiger partial charge on any atom is 0.0649 e. The average molecular weight is 285 g/mol. The molecule has 0 aliphatic rings. The summed E-state index contributed by atoms with van der Waals surface area (Å²) in [5, 5.41) is 0. The van der Waals surface area contributed by atoms with E-state index in [2.05, 4.69) is 27.7 Å². The molecule has 0 aromatic rings. The Morgan fingerprint density at radius 1 is 0.600 bits per heavy atom. The van der Waals surface area contributed by atoms with Crippen LogP contribution in [0.1, 0.15) is 111 Å². The third-order valence-electron chi connectivity index (χ3n) is 4.69. The Morgan fingerprint density at radius 3 is 1.40 bits per heavy atom. The van der Waals surface area contributed by atoms with Crippen LogP contribution >= 0.6 is 0 Å². The van der Waals surface area contributed by atoms with Crippen LogP contribution in [0.15, 0.2) is 0 Å². The molecular weight excluding hydrogens is 244 g/mol. The lowest BCUT2D eigenvalue weighted by Crippen LogP contribution is -2.27. The maximum atomic E-state index is 6.01. The van der Waals surface area contributed by atoms with E-state index in [1.807, 2.05) is 0 Å². The monoisotopic (exact) mass is 284 g/mol. The van der Waals surface area contributed by atoms with Gasteiger partial charge in [-0.2, -0.15) is 0 Å². The predicted octanol–water partition coefficient (Wildman–Crippen LogP) is 6.89. The minimum atomic E-state index is 0.124. The van der Waals surface area contributed by atoms with Gasteiger partial charge in [-0.1, -0.05) is 85.0 Å². The van der Waals surface area contributed by atoms with Crippen molar-refractivity contribution in [1.29, 1.82) is 0 Å². The van der Waals surface area contributed by atoms with Gasteiger partial charge in [-0.25, -0.2) is 0 Å². The minimum absolute atomic E-state index is 0.124. The molecule has 1 heteroatoms. The number of hydrogen-bond acceptors (Lipinski definition) is 1. The van der Waals surface area contributed by atoms with E-state index in [0.717, 1.165) is 19.4 Å². The summed E-state index contributed by atoms with van der Waals surface area (Å²) in [4.78, 5) is 0. The van der Waals surface area contributed by atoms with Gasteiger partial charge in [0.1, 0.15) is 0 Å². The lowest BCUT2D eigenvalue weighted by Gasteiger charge is -2.27. The first-order chi connectivity index (χ1) is 9.68. The molecular formula is C19H40O. The van der Waals surface area contributed by atoms with Crippen molar-refractivity contribution in [2.24, 2.45) is 0 Å². The summed E-state index contributed by atoms with van der Waals surface area (Å²) < 4.78 is 6.01. The van der Waals surface area contributed by atoms with Gasteiger partial charge in [-0.3, -0.25) is 0 Å². The van der Waals surface area contributed by atoms with Crippen molar-refractivity contribution < 1.29 is 4.74 Å². The molecule has 0 N–H and O–H groups in total. The first kappa shape index (κ1) is 20.0. The van der Waals surface area contributed by atoms with Crippen molar-refractivity contribution in [3.05, 3.63) is 0 Å². The standard InChI is InChI=1S/C19H40O/c1-5-8-9-10-11-12-13-14-15-16-17-18-20-19(4,6-2)7-3/h5-18H2,1-4H3. The molecule has 20 heavy (non-hydrogen) atoms. The molecule has 0 radical (unpaired) electrons. The van der Waals surface area contributed by atoms with Crippen molar-refractivity contribution in [1.82, 2.24) is 0 Å². The Labute approximate surface area is 128 Å². The van der Waals surface area contributed by atoms with Gasteiger partial charge in [0, 0.05) is 6.61 Å². The molecule has 0 atom stereocenters. The van der Waals surface area contributed by atoms with Crippen molar-refractivity contribution in [3.63, 3.8) is 0 Å². The molecule has 0 aliphatic heterocycles. The van der Waals surface area contributed by atoms with E-state index in [4.69, 9.17) is 4.74 Å². The van der Waals surface area contributed by atoms with Crippen molar-refractivity contribution in [3.8, 4) is 0 Å².